The Labute approximate surface area is 213 Å². The molecule has 0 saturated carbocycles. The van der Waals surface area contributed by atoms with Crippen LogP contribution in [0.4, 0.5) is 5.69 Å². The van der Waals surface area contributed by atoms with E-state index in [1.807, 2.05) is 83.7 Å². The molecule has 4 aromatic rings. The Bertz CT molecular complexity index is 1260. The van der Waals surface area contributed by atoms with Crippen molar-refractivity contribution in [3.05, 3.63) is 84.6 Å². The lowest BCUT2D eigenvalue weighted by Crippen LogP contribution is -2.38. The number of para-hydroxylation sites is 1. The van der Waals surface area contributed by atoms with Crippen LogP contribution in [0.3, 0.4) is 0 Å². The third kappa shape index (κ3) is 6.73. The Balaban J connectivity index is 1.34. The SMILES string of the molecule is CC(C)N(CCCn1ncc2ccc(NC(=O)Cc3ccc(Oc4ccccc4)cc3)cc21)C(C)C. The molecule has 36 heavy (non-hydrogen) atoms. The molecule has 1 amide bonds. The molecule has 0 unspecified atom stereocenters. The van der Waals surface area contributed by atoms with Gasteiger partial charge in [0.05, 0.1) is 18.1 Å². The molecule has 0 aliphatic carbocycles. The number of hydrogen-bond acceptors (Lipinski definition) is 4. The number of carbonyl (C=O) groups excluding carboxylic acids is 1. The smallest absolute Gasteiger partial charge is 0.228 e. The maximum atomic E-state index is 12.7. The van der Waals surface area contributed by atoms with E-state index < -0.39 is 0 Å². The third-order valence-electron chi connectivity index (χ3n) is 6.31. The summed E-state index contributed by atoms with van der Waals surface area (Å²) in [5.74, 6) is 1.48. The molecule has 6 nitrogen and oxygen atoms in total. The third-order valence-corrected chi connectivity index (χ3v) is 6.31. The number of aryl methyl sites for hydroxylation is 1. The number of rotatable bonds is 11. The molecule has 0 aliphatic rings. The zero-order valence-corrected chi connectivity index (χ0v) is 21.6. The Morgan fingerprint density at radius 2 is 1.64 bits per heavy atom. The maximum Gasteiger partial charge on any atom is 0.228 e. The Kier molecular flexibility index (Phi) is 8.39. The highest BCUT2D eigenvalue weighted by Gasteiger charge is 2.13. The molecule has 1 heterocycles. The van der Waals surface area contributed by atoms with Crippen molar-refractivity contribution >= 4 is 22.5 Å². The van der Waals surface area contributed by atoms with Crippen molar-refractivity contribution in [2.75, 3.05) is 11.9 Å². The first-order valence-corrected chi connectivity index (χ1v) is 12.7. The molecule has 1 aromatic heterocycles. The summed E-state index contributed by atoms with van der Waals surface area (Å²) in [7, 11) is 0. The van der Waals surface area contributed by atoms with Crippen LogP contribution in [0.5, 0.6) is 11.5 Å². The Hall–Kier alpha value is -3.64. The number of ether oxygens (including phenoxy) is 1. The second kappa shape index (κ2) is 11.9. The van der Waals surface area contributed by atoms with Gasteiger partial charge in [-0.25, -0.2) is 0 Å². The number of fused-ring (bicyclic) bond motifs is 1. The van der Waals surface area contributed by atoms with E-state index in [2.05, 4.69) is 43.0 Å². The van der Waals surface area contributed by atoms with Crippen LogP contribution in [0.1, 0.15) is 39.7 Å². The van der Waals surface area contributed by atoms with E-state index >= 15 is 0 Å². The first-order chi connectivity index (χ1) is 17.4. The zero-order valence-electron chi connectivity index (χ0n) is 21.6. The topological polar surface area (TPSA) is 59.4 Å². The van der Waals surface area contributed by atoms with E-state index in [-0.39, 0.29) is 5.91 Å². The molecule has 1 N–H and O–H groups in total. The molecular weight excluding hydrogens is 448 g/mol. The van der Waals surface area contributed by atoms with Crippen molar-refractivity contribution in [1.29, 1.82) is 0 Å². The quantitative estimate of drug-likeness (QED) is 0.263. The fourth-order valence-electron chi connectivity index (χ4n) is 4.53. The second-order valence-electron chi connectivity index (χ2n) is 9.70. The molecule has 6 heteroatoms. The molecule has 3 aromatic carbocycles. The molecule has 0 spiro atoms. The van der Waals surface area contributed by atoms with Gasteiger partial charge in [0, 0.05) is 36.2 Å². The minimum Gasteiger partial charge on any atom is -0.457 e. The van der Waals surface area contributed by atoms with E-state index in [1.54, 1.807) is 0 Å². The summed E-state index contributed by atoms with van der Waals surface area (Å²) in [6.45, 7) is 10.8. The van der Waals surface area contributed by atoms with Gasteiger partial charge in [-0.15, -0.1) is 0 Å². The minimum atomic E-state index is -0.0540. The van der Waals surface area contributed by atoms with Gasteiger partial charge in [-0.05, 0) is 82.1 Å². The molecule has 0 fully saturated rings. The van der Waals surface area contributed by atoms with Gasteiger partial charge >= 0.3 is 0 Å². The highest BCUT2D eigenvalue weighted by molar-refractivity contribution is 5.94. The van der Waals surface area contributed by atoms with Gasteiger partial charge < -0.3 is 10.1 Å². The summed E-state index contributed by atoms with van der Waals surface area (Å²) >= 11 is 0. The first kappa shape index (κ1) is 25.5. The molecule has 4 rings (SSSR count). The lowest BCUT2D eigenvalue weighted by Gasteiger charge is -2.30. The van der Waals surface area contributed by atoms with Crippen LogP contribution in [-0.2, 0) is 17.8 Å². The summed E-state index contributed by atoms with van der Waals surface area (Å²) in [5.41, 5.74) is 2.75. The van der Waals surface area contributed by atoms with Gasteiger partial charge in [-0.3, -0.25) is 14.4 Å². The van der Waals surface area contributed by atoms with Crippen LogP contribution in [0.2, 0.25) is 0 Å². The van der Waals surface area contributed by atoms with Crippen LogP contribution < -0.4 is 10.1 Å². The standard InChI is InChI=1S/C30H36N4O2/c1-22(2)33(23(3)4)17-8-18-34-29-20-26(14-13-25(29)21-31-34)32-30(35)19-24-11-15-28(16-12-24)36-27-9-6-5-7-10-27/h5-7,9-16,20-23H,8,17-19H2,1-4H3,(H,32,35). The summed E-state index contributed by atoms with van der Waals surface area (Å²) in [4.78, 5) is 15.2. The first-order valence-electron chi connectivity index (χ1n) is 12.7. The molecule has 0 aliphatic heterocycles. The largest absolute Gasteiger partial charge is 0.457 e. The van der Waals surface area contributed by atoms with E-state index in [4.69, 9.17) is 4.74 Å². The highest BCUT2D eigenvalue weighted by Crippen LogP contribution is 2.22. The van der Waals surface area contributed by atoms with Gasteiger partial charge in [0.1, 0.15) is 11.5 Å². The molecule has 0 saturated heterocycles. The van der Waals surface area contributed by atoms with Crippen molar-refractivity contribution < 1.29 is 9.53 Å². The summed E-state index contributed by atoms with van der Waals surface area (Å²) in [5, 5.41) is 8.70. The Morgan fingerprint density at radius 3 is 2.33 bits per heavy atom. The normalized spacial score (nSPS) is 11.5. The van der Waals surface area contributed by atoms with Gasteiger partial charge in [0.2, 0.25) is 5.91 Å². The van der Waals surface area contributed by atoms with Crippen LogP contribution in [-0.4, -0.2) is 39.2 Å². The number of aromatic nitrogens is 2. The van der Waals surface area contributed by atoms with Crippen molar-refractivity contribution in [1.82, 2.24) is 14.7 Å². The Morgan fingerprint density at radius 1 is 0.944 bits per heavy atom. The number of nitrogens with zero attached hydrogens (tertiary/aromatic N) is 3. The van der Waals surface area contributed by atoms with Crippen molar-refractivity contribution in [2.24, 2.45) is 0 Å². The number of carbonyl (C=O) groups is 1. The van der Waals surface area contributed by atoms with Crippen molar-refractivity contribution in [3.63, 3.8) is 0 Å². The molecule has 0 atom stereocenters. The van der Waals surface area contributed by atoms with E-state index in [0.29, 0.717) is 18.5 Å². The molecule has 0 bridgehead atoms. The number of nitrogens with one attached hydrogen (secondary N) is 1. The number of amides is 1. The average Bonchev–Trinajstić information content (AvgIpc) is 3.25. The van der Waals surface area contributed by atoms with Crippen molar-refractivity contribution in [3.8, 4) is 11.5 Å². The number of anilines is 1. The fourth-order valence-corrected chi connectivity index (χ4v) is 4.53. The molecular formula is C30H36N4O2. The fraction of sp³-hybridized carbons (Fsp3) is 0.333. The summed E-state index contributed by atoms with van der Waals surface area (Å²) in [6.07, 6.45) is 3.21. The van der Waals surface area contributed by atoms with Gasteiger partial charge in [-0.2, -0.15) is 5.10 Å². The van der Waals surface area contributed by atoms with Gasteiger partial charge in [0.15, 0.2) is 0 Å². The molecule has 0 radical (unpaired) electrons. The maximum absolute atomic E-state index is 12.7. The van der Waals surface area contributed by atoms with Crippen LogP contribution in [0.15, 0.2) is 79.0 Å². The lowest BCUT2D eigenvalue weighted by molar-refractivity contribution is -0.115. The second-order valence-corrected chi connectivity index (χ2v) is 9.70. The highest BCUT2D eigenvalue weighted by atomic mass is 16.5. The lowest BCUT2D eigenvalue weighted by atomic mass is 10.1. The minimum absolute atomic E-state index is 0.0540. The average molecular weight is 485 g/mol. The van der Waals surface area contributed by atoms with Gasteiger partial charge in [0.25, 0.3) is 0 Å². The van der Waals surface area contributed by atoms with Gasteiger partial charge in [-0.1, -0.05) is 30.3 Å². The predicted octanol–water partition coefficient (Wildman–Crippen LogP) is 6.52. The van der Waals surface area contributed by atoms with Crippen LogP contribution in [0, 0.1) is 0 Å². The van der Waals surface area contributed by atoms with Crippen LogP contribution in [0.25, 0.3) is 10.9 Å². The van der Waals surface area contributed by atoms with Crippen LogP contribution >= 0.6 is 0 Å². The number of hydrogen-bond donors (Lipinski definition) is 1. The van der Waals surface area contributed by atoms with E-state index in [1.165, 1.54) is 0 Å². The van der Waals surface area contributed by atoms with E-state index in [9.17, 15) is 4.79 Å². The monoisotopic (exact) mass is 484 g/mol. The number of benzene rings is 3. The summed E-state index contributed by atoms with van der Waals surface area (Å²) < 4.78 is 7.87. The predicted molar refractivity (Wildman–Crippen MR) is 147 cm³/mol. The van der Waals surface area contributed by atoms with Crippen molar-refractivity contribution in [2.45, 2.75) is 59.2 Å². The molecule has 188 valence electrons. The van der Waals surface area contributed by atoms with E-state index in [0.717, 1.165) is 53.2 Å². The zero-order chi connectivity index (χ0) is 25.5. The summed E-state index contributed by atoms with van der Waals surface area (Å²) in [6, 6.07) is 24.3.